The van der Waals surface area contributed by atoms with Crippen molar-refractivity contribution in [3.8, 4) is 0 Å². The number of benzene rings is 1. The number of hydrogen-bond donors (Lipinski definition) is 1. The van der Waals surface area contributed by atoms with E-state index in [1.54, 1.807) is 24.5 Å². The summed E-state index contributed by atoms with van der Waals surface area (Å²) in [7, 11) is 1.52. The van der Waals surface area contributed by atoms with E-state index < -0.39 is 17.5 Å². The SMILES string of the molecule is CN(Cc1cccnc1)C(=O)c1cc(N)c(F)cc1F. The van der Waals surface area contributed by atoms with Crippen molar-refractivity contribution >= 4 is 11.6 Å². The molecule has 1 aromatic heterocycles. The Kier molecular flexibility index (Phi) is 3.93. The van der Waals surface area contributed by atoms with Crippen LogP contribution in [0.4, 0.5) is 14.5 Å². The molecule has 20 heavy (non-hydrogen) atoms. The van der Waals surface area contributed by atoms with Gasteiger partial charge in [-0.15, -0.1) is 0 Å². The molecular formula is C14H13F2N3O. The third-order valence-electron chi connectivity index (χ3n) is 2.81. The lowest BCUT2D eigenvalue weighted by Gasteiger charge is -2.17. The number of nitrogens with two attached hydrogens (primary N) is 1. The van der Waals surface area contributed by atoms with Crippen molar-refractivity contribution in [2.45, 2.75) is 6.54 Å². The Morgan fingerprint density at radius 1 is 1.35 bits per heavy atom. The zero-order valence-electron chi connectivity index (χ0n) is 10.8. The highest BCUT2D eigenvalue weighted by Gasteiger charge is 2.18. The monoisotopic (exact) mass is 277 g/mol. The number of hydrogen-bond acceptors (Lipinski definition) is 3. The predicted octanol–water partition coefficient (Wildman–Crippen LogP) is 2.21. The molecule has 0 radical (unpaired) electrons. The fraction of sp³-hybridized carbons (Fsp3) is 0.143. The highest BCUT2D eigenvalue weighted by molar-refractivity contribution is 5.95. The van der Waals surface area contributed by atoms with E-state index in [0.29, 0.717) is 6.07 Å². The molecule has 0 aliphatic carbocycles. The standard InChI is InChI=1S/C14H13F2N3O/c1-19(8-9-3-2-4-18-7-9)14(20)10-5-13(17)12(16)6-11(10)15/h2-7H,8,17H2,1H3. The van der Waals surface area contributed by atoms with Gasteiger partial charge in [-0.3, -0.25) is 9.78 Å². The van der Waals surface area contributed by atoms with Crippen molar-refractivity contribution < 1.29 is 13.6 Å². The van der Waals surface area contributed by atoms with Crippen molar-refractivity contribution in [2.75, 3.05) is 12.8 Å². The summed E-state index contributed by atoms with van der Waals surface area (Å²) in [6, 6.07) is 5.16. The maximum atomic E-state index is 13.6. The third-order valence-corrected chi connectivity index (χ3v) is 2.81. The lowest BCUT2D eigenvalue weighted by Crippen LogP contribution is -2.27. The fourth-order valence-corrected chi connectivity index (χ4v) is 1.77. The van der Waals surface area contributed by atoms with Gasteiger partial charge in [-0.25, -0.2) is 8.78 Å². The van der Waals surface area contributed by atoms with Gasteiger partial charge in [-0.05, 0) is 17.7 Å². The summed E-state index contributed by atoms with van der Waals surface area (Å²) >= 11 is 0. The maximum Gasteiger partial charge on any atom is 0.256 e. The van der Waals surface area contributed by atoms with Crippen LogP contribution in [0.5, 0.6) is 0 Å². The molecule has 6 heteroatoms. The summed E-state index contributed by atoms with van der Waals surface area (Å²) in [5, 5.41) is 0. The van der Waals surface area contributed by atoms with Gasteiger partial charge >= 0.3 is 0 Å². The molecule has 0 aliphatic rings. The molecule has 2 rings (SSSR count). The van der Waals surface area contributed by atoms with E-state index in [1.807, 2.05) is 0 Å². The van der Waals surface area contributed by atoms with Gasteiger partial charge in [0.15, 0.2) is 0 Å². The molecule has 1 heterocycles. The molecule has 0 saturated heterocycles. The van der Waals surface area contributed by atoms with E-state index in [-0.39, 0.29) is 17.8 Å². The Hall–Kier alpha value is -2.50. The van der Waals surface area contributed by atoms with Crippen LogP contribution in [0.1, 0.15) is 15.9 Å². The Balaban J connectivity index is 2.21. The largest absolute Gasteiger partial charge is 0.396 e. The van der Waals surface area contributed by atoms with Crippen molar-refractivity contribution in [2.24, 2.45) is 0 Å². The quantitative estimate of drug-likeness (QED) is 0.875. The third kappa shape index (κ3) is 2.90. The number of anilines is 1. The predicted molar refractivity (Wildman–Crippen MR) is 70.8 cm³/mol. The Labute approximate surface area is 114 Å². The van der Waals surface area contributed by atoms with Crippen LogP contribution >= 0.6 is 0 Å². The number of amides is 1. The van der Waals surface area contributed by atoms with Crippen molar-refractivity contribution in [3.63, 3.8) is 0 Å². The highest BCUT2D eigenvalue weighted by atomic mass is 19.1. The number of nitrogen functional groups attached to an aromatic ring is 1. The van der Waals surface area contributed by atoms with Crippen LogP contribution in [0.25, 0.3) is 0 Å². The molecule has 0 atom stereocenters. The minimum atomic E-state index is -0.931. The lowest BCUT2D eigenvalue weighted by atomic mass is 10.1. The van der Waals surface area contributed by atoms with Crippen LogP contribution in [0, 0.1) is 11.6 Å². The first-order valence-electron chi connectivity index (χ1n) is 5.88. The summed E-state index contributed by atoms with van der Waals surface area (Å²) < 4.78 is 26.7. The number of rotatable bonds is 3. The van der Waals surface area contributed by atoms with Crippen LogP contribution in [-0.2, 0) is 6.54 Å². The van der Waals surface area contributed by atoms with E-state index >= 15 is 0 Å². The first-order valence-corrected chi connectivity index (χ1v) is 5.88. The lowest BCUT2D eigenvalue weighted by molar-refractivity contribution is 0.0780. The van der Waals surface area contributed by atoms with E-state index in [0.717, 1.165) is 11.6 Å². The fourth-order valence-electron chi connectivity index (χ4n) is 1.77. The highest BCUT2D eigenvalue weighted by Crippen LogP contribution is 2.18. The molecule has 0 aliphatic heterocycles. The summed E-state index contributed by atoms with van der Waals surface area (Å²) in [5.74, 6) is -2.38. The van der Waals surface area contributed by atoms with Crippen LogP contribution in [0.15, 0.2) is 36.7 Å². The number of pyridine rings is 1. The maximum absolute atomic E-state index is 13.6. The van der Waals surface area contributed by atoms with Gasteiger partial charge in [0.2, 0.25) is 0 Å². The zero-order chi connectivity index (χ0) is 14.7. The molecule has 0 spiro atoms. The van der Waals surface area contributed by atoms with E-state index in [9.17, 15) is 13.6 Å². The molecule has 0 saturated carbocycles. The van der Waals surface area contributed by atoms with Gasteiger partial charge in [-0.2, -0.15) is 0 Å². The van der Waals surface area contributed by atoms with Gasteiger partial charge in [-0.1, -0.05) is 6.07 Å². The molecule has 104 valence electrons. The van der Waals surface area contributed by atoms with Gasteiger partial charge in [0, 0.05) is 32.1 Å². The molecule has 1 aromatic carbocycles. The average molecular weight is 277 g/mol. The Morgan fingerprint density at radius 2 is 2.10 bits per heavy atom. The Bertz CT molecular complexity index is 632. The Morgan fingerprint density at radius 3 is 2.75 bits per heavy atom. The number of halogens is 2. The second-order valence-corrected chi connectivity index (χ2v) is 4.38. The van der Waals surface area contributed by atoms with Crippen molar-refractivity contribution in [1.29, 1.82) is 0 Å². The molecule has 4 nitrogen and oxygen atoms in total. The molecule has 0 fully saturated rings. The van der Waals surface area contributed by atoms with Gasteiger partial charge in [0.1, 0.15) is 11.6 Å². The van der Waals surface area contributed by atoms with Gasteiger partial charge in [0.25, 0.3) is 5.91 Å². The first kappa shape index (κ1) is 13.9. The minimum absolute atomic E-state index is 0.254. The molecule has 2 aromatic rings. The average Bonchev–Trinajstić information content (AvgIpc) is 2.43. The summed E-state index contributed by atoms with van der Waals surface area (Å²) in [5.41, 5.74) is 5.65. The van der Waals surface area contributed by atoms with Crippen molar-refractivity contribution in [3.05, 3.63) is 59.4 Å². The van der Waals surface area contributed by atoms with E-state index in [2.05, 4.69) is 4.98 Å². The van der Waals surface area contributed by atoms with Crippen LogP contribution in [0.3, 0.4) is 0 Å². The smallest absolute Gasteiger partial charge is 0.256 e. The van der Waals surface area contributed by atoms with Crippen LogP contribution in [0.2, 0.25) is 0 Å². The van der Waals surface area contributed by atoms with Crippen LogP contribution < -0.4 is 5.73 Å². The van der Waals surface area contributed by atoms with Gasteiger partial charge < -0.3 is 10.6 Å². The molecule has 0 unspecified atom stereocenters. The first-order chi connectivity index (χ1) is 9.49. The summed E-state index contributed by atoms with van der Waals surface area (Å²) in [6.07, 6.45) is 3.23. The molecule has 1 amide bonds. The topological polar surface area (TPSA) is 59.2 Å². The molecular weight excluding hydrogens is 264 g/mol. The molecule has 0 bridgehead atoms. The molecule has 2 N–H and O–H groups in total. The van der Waals surface area contributed by atoms with Gasteiger partial charge in [0.05, 0.1) is 11.3 Å². The second kappa shape index (κ2) is 5.64. The van der Waals surface area contributed by atoms with Crippen LogP contribution in [-0.4, -0.2) is 22.8 Å². The number of carbonyl (C=O) groups is 1. The van der Waals surface area contributed by atoms with E-state index in [1.165, 1.54) is 11.9 Å². The number of nitrogens with zero attached hydrogens (tertiary/aromatic N) is 2. The summed E-state index contributed by atoms with van der Waals surface area (Å²) in [4.78, 5) is 17.4. The number of carbonyl (C=O) groups excluding carboxylic acids is 1. The van der Waals surface area contributed by atoms with E-state index in [4.69, 9.17) is 5.73 Å². The minimum Gasteiger partial charge on any atom is -0.396 e. The summed E-state index contributed by atoms with van der Waals surface area (Å²) in [6.45, 7) is 0.267. The zero-order valence-corrected chi connectivity index (χ0v) is 10.8. The normalized spacial score (nSPS) is 10.3. The number of aromatic nitrogens is 1. The van der Waals surface area contributed by atoms with Crippen molar-refractivity contribution in [1.82, 2.24) is 9.88 Å². The second-order valence-electron chi connectivity index (χ2n) is 4.38.